The molecule has 0 bridgehead atoms. The van der Waals surface area contributed by atoms with Crippen LogP contribution in [0.2, 0.25) is 0 Å². The number of benzene rings is 1. The highest BCUT2D eigenvalue weighted by molar-refractivity contribution is 5.92. The van der Waals surface area contributed by atoms with Gasteiger partial charge in [-0.1, -0.05) is 24.2 Å². The number of aromatic nitrogens is 1. The highest BCUT2D eigenvalue weighted by Crippen LogP contribution is 2.37. The van der Waals surface area contributed by atoms with Crippen LogP contribution in [-0.4, -0.2) is 27.0 Å². The van der Waals surface area contributed by atoms with Crippen LogP contribution in [0.15, 0.2) is 56.0 Å². The third kappa shape index (κ3) is 4.42. The van der Waals surface area contributed by atoms with Gasteiger partial charge in [-0.15, -0.1) is 0 Å². The van der Waals surface area contributed by atoms with Crippen molar-refractivity contribution in [2.75, 3.05) is 0 Å². The SMILES string of the molecule is CCC(O)(/C(N)=C/N(N)Cc1ccc2c(-c3cc(C)on3)cc(=O)oc2c1)C(F)(F)F. The summed E-state index contributed by atoms with van der Waals surface area (Å²) in [6, 6.07) is 7.84. The number of nitrogens with two attached hydrogens (primary N) is 2. The lowest BCUT2D eigenvalue weighted by atomic mass is 9.96. The number of nitrogens with zero attached hydrogens (tertiary/aromatic N) is 2. The maximum Gasteiger partial charge on any atom is 0.422 e. The molecule has 0 saturated carbocycles. The number of rotatable bonds is 6. The van der Waals surface area contributed by atoms with E-state index in [0.717, 1.165) is 18.1 Å². The lowest BCUT2D eigenvalue weighted by Crippen LogP contribution is -2.49. The molecule has 0 aliphatic rings. The fraction of sp³-hybridized carbons (Fsp3) is 0.300. The molecule has 5 N–H and O–H groups in total. The molecule has 0 saturated heterocycles. The van der Waals surface area contributed by atoms with E-state index in [-0.39, 0.29) is 12.1 Å². The summed E-state index contributed by atoms with van der Waals surface area (Å²) in [5, 5.41) is 15.3. The van der Waals surface area contributed by atoms with Crippen molar-refractivity contribution in [3.8, 4) is 11.3 Å². The summed E-state index contributed by atoms with van der Waals surface area (Å²) in [6.45, 7) is 2.81. The minimum absolute atomic E-state index is 0.0642. The minimum atomic E-state index is -4.95. The van der Waals surface area contributed by atoms with E-state index in [4.69, 9.17) is 20.5 Å². The Bertz CT molecular complexity index is 1190. The van der Waals surface area contributed by atoms with Gasteiger partial charge in [0.15, 0.2) is 0 Å². The summed E-state index contributed by atoms with van der Waals surface area (Å²) in [6.07, 6.45) is -4.80. The number of hydrazine groups is 1. The monoisotopic (exact) mass is 438 g/mol. The summed E-state index contributed by atoms with van der Waals surface area (Å²) in [4.78, 5) is 12.0. The smallest absolute Gasteiger partial charge is 0.422 e. The van der Waals surface area contributed by atoms with Crippen molar-refractivity contribution in [1.29, 1.82) is 0 Å². The zero-order valence-corrected chi connectivity index (χ0v) is 16.7. The third-order valence-corrected chi connectivity index (χ3v) is 4.84. The molecule has 31 heavy (non-hydrogen) atoms. The number of halogens is 3. The normalized spacial score (nSPS) is 14.6. The van der Waals surface area contributed by atoms with E-state index in [0.29, 0.717) is 28.0 Å². The molecule has 0 spiro atoms. The van der Waals surface area contributed by atoms with Gasteiger partial charge in [0, 0.05) is 29.3 Å². The summed E-state index contributed by atoms with van der Waals surface area (Å²) in [5.74, 6) is 6.35. The van der Waals surface area contributed by atoms with Crippen molar-refractivity contribution in [1.82, 2.24) is 10.2 Å². The molecule has 8 nitrogen and oxygen atoms in total. The van der Waals surface area contributed by atoms with E-state index in [2.05, 4.69) is 5.16 Å². The van der Waals surface area contributed by atoms with Gasteiger partial charge in [-0.3, -0.25) is 0 Å². The average Bonchev–Trinajstić information content (AvgIpc) is 3.11. The Balaban J connectivity index is 1.91. The third-order valence-electron chi connectivity index (χ3n) is 4.84. The predicted octanol–water partition coefficient (Wildman–Crippen LogP) is 2.94. The van der Waals surface area contributed by atoms with E-state index in [1.54, 1.807) is 25.1 Å². The predicted molar refractivity (Wildman–Crippen MR) is 106 cm³/mol. The topological polar surface area (TPSA) is 132 Å². The molecule has 0 radical (unpaired) electrons. The Morgan fingerprint density at radius 3 is 2.58 bits per heavy atom. The Kier molecular flexibility index (Phi) is 5.83. The zero-order valence-electron chi connectivity index (χ0n) is 16.7. The number of aryl methyl sites for hydroxylation is 1. The maximum absolute atomic E-state index is 13.1. The number of alkyl halides is 3. The van der Waals surface area contributed by atoms with E-state index < -0.39 is 29.5 Å². The molecule has 0 aliphatic carbocycles. The van der Waals surface area contributed by atoms with Crippen molar-refractivity contribution in [3.63, 3.8) is 0 Å². The second-order valence-corrected chi connectivity index (χ2v) is 7.10. The first-order valence-corrected chi connectivity index (χ1v) is 9.23. The molecule has 3 rings (SSSR count). The molecular weight excluding hydrogens is 417 g/mol. The molecule has 166 valence electrons. The summed E-state index contributed by atoms with van der Waals surface area (Å²) >= 11 is 0. The van der Waals surface area contributed by atoms with Crippen LogP contribution in [-0.2, 0) is 6.54 Å². The number of aliphatic hydroxyl groups is 1. The van der Waals surface area contributed by atoms with Gasteiger partial charge >= 0.3 is 11.8 Å². The highest BCUT2D eigenvalue weighted by atomic mass is 19.4. The molecule has 2 heterocycles. The van der Waals surface area contributed by atoms with Gasteiger partial charge in [0.2, 0.25) is 5.60 Å². The van der Waals surface area contributed by atoms with Crippen LogP contribution in [0.1, 0.15) is 24.7 Å². The highest BCUT2D eigenvalue weighted by Gasteiger charge is 2.54. The number of hydrogen-bond acceptors (Lipinski definition) is 8. The number of hydrogen-bond donors (Lipinski definition) is 3. The molecule has 1 unspecified atom stereocenters. The molecule has 1 aromatic carbocycles. The van der Waals surface area contributed by atoms with Gasteiger partial charge in [-0.25, -0.2) is 10.6 Å². The van der Waals surface area contributed by atoms with E-state index in [1.807, 2.05) is 0 Å². The Morgan fingerprint density at radius 1 is 1.29 bits per heavy atom. The molecule has 0 amide bonds. The summed E-state index contributed by atoms with van der Waals surface area (Å²) in [5.41, 5.74) is 2.62. The van der Waals surface area contributed by atoms with Gasteiger partial charge in [0.25, 0.3) is 0 Å². The Morgan fingerprint density at radius 2 is 2.00 bits per heavy atom. The first kappa shape index (κ1) is 22.4. The van der Waals surface area contributed by atoms with Gasteiger partial charge in [-0.2, -0.15) is 13.2 Å². The fourth-order valence-corrected chi connectivity index (χ4v) is 3.12. The van der Waals surface area contributed by atoms with Gasteiger partial charge in [0.05, 0.1) is 12.2 Å². The Labute approximate surface area is 174 Å². The van der Waals surface area contributed by atoms with Crippen molar-refractivity contribution < 1.29 is 27.2 Å². The molecule has 1 atom stereocenters. The maximum atomic E-state index is 13.1. The lowest BCUT2D eigenvalue weighted by molar-refractivity contribution is -0.245. The van der Waals surface area contributed by atoms with Crippen LogP contribution in [0.4, 0.5) is 13.2 Å². The molecule has 3 aromatic rings. The van der Waals surface area contributed by atoms with Gasteiger partial charge in [0.1, 0.15) is 17.0 Å². The zero-order chi connectivity index (χ0) is 23.0. The first-order valence-electron chi connectivity index (χ1n) is 9.23. The van der Waals surface area contributed by atoms with Crippen molar-refractivity contribution >= 4 is 11.0 Å². The van der Waals surface area contributed by atoms with Crippen LogP contribution >= 0.6 is 0 Å². The second kappa shape index (κ2) is 8.08. The van der Waals surface area contributed by atoms with Gasteiger partial charge in [-0.05, 0) is 25.0 Å². The van der Waals surface area contributed by atoms with E-state index >= 15 is 0 Å². The molecular formula is C20H21F3N4O4. The van der Waals surface area contributed by atoms with E-state index in [1.165, 1.54) is 12.1 Å². The van der Waals surface area contributed by atoms with Crippen molar-refractivity contribution in [3.05, 3.63) is 64.0 Å². The summed E-state index contributed by atoms with van der Waals surface area (Å²) < 4.78 is 49.7. The lowest BCUT2D eigenvalue weighted by Gasteiger charge is -2.30. The molecule has 11 heteroatoms. The molecule has 2 aromatic heterocycles. The molecule has 0 aliphatic heterocycles. The Hall–Kier alpha value is -3.31. The van der Waals surface area contributed by atoms with Gasteiger partial charge < -0.3 is 24.8 Å². The second-order valence-electron chi connectivity index (χ2n) is 7.10. The largest absolute Gasteiger partial charge is 0.423 e. The van der Waals surface area contributed by atoms with Crippen LogP contribution in [0.25, 0.3) is 22.2 Å². The first-order chi connectivity index (χ1) is 14.4. The fourth-order valence-electron chi connectivity index (χ4n) is 3.12. The average molecular weight is 438 g/mol. The summed E-state index contributed by atoms with van der Waals surface area (Å²) in [7, 11) is 0. The van der Waals surface area contributed by atoms with Crippen molar-refractivity contribution in [2.45, 2.75) is 38.6 Å². The standard InChI is InChI=1S/C20H21F3N4O4/c1-3-19(29,20(21,22)23)17(24)10-27(25)9-12-4-5-13-14(15-6-11(2)31-26-15)8-18(28)30-16(13)7-12/h4-8,10,29H,3,9,24-25H2,1-2H3/b17-10-. The minimum Gasteiger partial charge on any atom is -0.423 e. The molecule has 0 fully saturated rings. The van der Waals surface area contributed by atoms with Crippen LogP contribution in [0.3, 0.4) is 0 Å². The van der Waals surface area contributed by atoms with Crippen LogP contribution in [0.5, 0.6) is 0 Å². The van der Waals surface area contributed by atoms with Crippen molar-refractivity contribution in [2.24, 2.45) is 11.6 Å². The van der Waals surface area contributed by atoms with E-state index in [9.17, 15) is 23.1 Å². The van der Waals surface area contributed by atoms with Crippen LogP contribution in [0, 0.1) is 6.92 Å². The van der Waals surface area contributed by atoms with Crippen LogP contribution < -0.4 is 17.2 Å². The number of fused-ring (bicyclic) bond motifs is 1. The quantitative estimate of drug-likeness (QED) is 0.304.